The van der Waals surface area contributed by atoms with Crippen LogP contribution in [0.3, 0.4) is 0 Å². The first-order chi connectivity index (χ1) is 8.91. The Morgan fingerprint density at radius 3 is 2.68 bits per heavy atom. The maximum atomic E-state index is 12.8. The molecule has 6 heteroatoms. The van der Waals surface area contributed by atoms with Gasteiger partial charge in [0.2, 0.25) is 0 Å². The van der Waals surface area contributed by atoms with Crippen LogP contribution in [-0.4, -0.2) is 19.3 Å². The fraction of sp³-hybridized carbons (Fsp3) is 0.538. The number of nitrogens with zero attached hydrogens (tertiary/aromatic N) is 1. The molecule has 0 aliphatic carbocycles. The van der Waals surface area contributed by atoms with E-state index in [1.165, 1.54) is 0 Å². The molecule has 2 rings (SSSR count). The Kier molecular flexibility index (Phi) is 4.40. The summed E-state index contributed by atoms with van der Waals surface area (Å²) in [5, 5.41) is 0. The number of hydrogen-bond acceptors (Lipinski definition) is 2. The molecule has 1 heterocycles. The van der Waals surface area contributed by atoms with E-state index < -0.39 is 12.1 Å². The predicted octanol–water partition coefficient (Wildman–Crippen LogP) is 3.69. The van der Waals surface area contributed by atoms with Crippen molar-refractivity contribution in [2.75, 3.05) is 18.0 Å². The van der Waals surface area contributed by atoms with E-state index in [1.54, 1.807) is 4.90 Å². The smallest absolute Gasteiger partial charge is 0.371 e. The van der Waals surface area contributed by atoms with Gasteiger partial charge >= 0.3 is 6.18 Å². The van der Waals surface area contributed by atoms with Crippen LogP contribution >= 0.6 is 15.9 Å². The van der Waals surface area contributed by atoms with Gasteiger partial charge in [0.05, 0.1) is 5.92 Å². The number of halogens is 4. The molecule has 1 fully saturated rings. The lowest BCUT2D eigenvalue weighted by Crippen LogP contribution is -2.41. The quantitative estimate of drug-likeness (QED) is 0.892. The van der Waals surface area contributed by atoms with Gasteiger partial charge in [-0.05, 0) is 30.5 Å². The minimum Gasteiger partial charge on any atom is -0.371 e. The monoisotopic (exact) mass is 336 g/mol. The molecule has 1 aliphatic heterocycles. The molecule has 106 valence electrons. The van der Waals surface area contributed by atoms with Crippen molar-refractivity contribution < 1.29 is 13.2 Å². The van der Waals surface area contributed by atoms with E-state index in [2.05, 4.69) is 15.9 Å². The predicted molar refractivity (Wildman–Crippen MR) is 73.0 cm³/mol. The summed E-state index contributed by atoms with van der Waals surface area (Å²) in [6.07, 6.45) is -3.31. The Hall–Kier alpha value is -0.750. The number of benzene rings is 1. The SMILES string of the molecule is NCc1ccc(N2CCCC(C(F)(F)F)C2)cc1Br. The van der Waals surface area contributed by atoms with Crippen LogP contribution in [0, 0.1) is 5.92 Å². The van der Waals surface area contributed by atoms with Gasteiger partial charge in [-0.3, -0.25) is 0 Å². The summed E-state index contributed by atoms with van der Waals surface area (Å²) in [6.45, 7) is 1.12. The number of alkyl halides is 3. The van der Waals surface area contributed by atoms with Crippen molar-refractivity contribution in [3.05, 3.63) is 28.2 Å². The Labute approximate surface area is 118 Å². The average molecular weight is 337 g/mol. The molecular weight excluding hydrogens is 321 g/mol. The highest BCUT2D eigenvalue weighted by atomic mass is 79.9. The number of nitrogens with two attached hydrogens (primary N) is 1. The summed E-state index contributed by atoms with van der Waals surface area (Å²) in [6, 6.07) is 5.54. The van der Waals surface area contributed by atoms with Crippen LogP contribution in [0.2, 0.25) is 0 Å². The zero-order valence-corrected chi connectivity index (χ0v) is 12.0. The summed E-state index contributed by atoms with van der Waals surface area (Å²) in [4.78, 5) is 1.80. The summed E-state index contributed by atoms with van der Waals surface area (Å²) in [5.41, 5.74) is 7.34. The molecule has 2 nitrogen and oxygen atoms in total. The largest absolute Gasteiger partial charge is 0.393 e. The highest BCUT2D eigenvalue weighted by Gasteiger charge is 2.41. The van der Waals surface area contributed by atoms with Crippen LogP contribution in [0.4, 0.5) is 18.9 Å². The van der Waals surface area contributed by atoms with Crippen LogP contribution < -0.4 is 10.6 Å². The third-order valence-electron chi connectivity index (χ3n) is 3.51. The van der Waals surface area contributed by atoms with Crippen molar-refractivity contribution in [3.8, 4) is 0 Å². The van der Waals surface area contributed by atoms with Gasteiger partial charge in [-0.2, -0.15) is 13.2 Å². The molecule has 1 aliphatic rings. The van der Waals surface area contributed by atoms with E-state index in [0.717, 1.165) is 15.7 Å². The maximum absolute atomic E-state index is 12.8. The molecule has 19 heavy (non-hydrogen) atoms. The molecule has 0 aromatic heterocycles. The van der Waals surface area contributed by atoms with Gasteiger partial charge in [0.15, 0.2) is 0 Å². The summed E-state index contributed by atoms with van der Waals surface area (Å²) < 4.78 is 39.2. The Balaban J connectivity index is 2.15. The van der Waals surface area contributed by atoms with E-state index >= 15 is 0 Å². The number of rotatable bonds is 2. The first kappa shape index (κ1) is 14.7. The van der Waals surface area contributed by atoms with Crippen LogP contribution in [0.5, 0.6) is 0 Å². The first-order valence-electron chi connectivity index (χ1n) is 6.22. The van der Waals surface area contributed by atoms with E-state index in [4.69, 9.17) is 5.73 Å². The third kappa shape index (κ3) is 3.42. The Bertz CT molecular complexity index is 448. The van der Waals surface area contributed by atoms with Crippen LogP contribution in [-0.2, 0) is 6.54 Å². The second kappa shape index (κ2) is 5.71. The lowest BCUT2D eigenvalue weighted by atomic mass is 9.97. The second-order valence-corrected chi connectivity index (χ2v) is 5.66. The van der Waals surface area contributed by atoms with Crippen molar-refractivity contribution in [1.29, 1.82) is 0 Å². The molecule has 1 atom stereocenters. The second-order valence-electron chi connectivity index (χ2n) is 4.81. The molecule has 1 unspecified atom stereocenters. The fourth-order valence-electron chi connectivity index (χ4n) is 2.38. The van der Waals surface area contributed by atoms with E-state index in [0.29, 0.717) is 19.5 Å². The normalized spacial score (nSPS) is 20.7. The minimum atomic E-state index is -4.10. The highest BCUT2D eigenvalue weighted by Crippen LogP contribution is 2.35. The molecule has 0 spiro atoms. The zero-order valence-electron chi connectivity index (χ0n) is 10.4. The zero-order chi connectivity index (χ0) is 14.0. The molecule has 1 aromatic rings. The van der Waals surface area contributed by atoms with Crippen molar-refractivity contribution in [2.24, 2.45) is 11.7 Å². The topological polar surface area (TPSA) is 29.3 Å². The van der Waals surface area contributed by atoms with Crippen LogP contribution in [0.1, 0.15) is 18.4 Å². The van der Waals surface area contributed by atoms with Crippen molar-refractivity contribution >= 4 is 21.6 Å². The van der Waals surface area contributed by atoms with Crippen LogP contribution in [0.15, 0.2) is 22.7 Å². The molecule has 0 radical (unpaired) electrons. The van der Waals surface area contributed by atoms with Gasteiger partial charge in [-0.25, -0.2) is 0 Å². The molecular formula is C13H16BrF3N2. The van der Waals surface area contributed by atoms with Crippen molar-refractivity contribution in [2.45, 2.75) is 25.6 Å². The lowest BCUT2D eigenvalue weighted by molar-refractivity contribution is -0.175. The first-order valence-corrected chi connectivity index (χ1v) is 7.01. The van der Waals surface area contributed by atoms with Crippen molar-refractivity contribution in [1.82, 2.24) is 0 Å². The Morgan fingerprint density at radius 2 is 2.11 bits per heavy atom. The van der Waals surface area contributed by atoms with Gasteiger partial charge < -0.3 is 10.6 Å². The molecule has 0 amide bonds. The standard InChI is InChI=1S/C13H16BrF3N2/c14-12-6-11(4-3-9(12)7-18)19-5-1-2-10(8-19)13(15,16)17/h3-4,6,10H,1-2,5,7-8,18H2. The fourth-order valence-corrected chi connectivity index (χ4v) is 2.91. The van der Waals surface area contributed by atoms with E-state index in [9.17, 15) is 13.2 Å². The molecule has 0 bridgehead atoms. The average Bonchev–Trinajstić information content (AvgIpc) is 2.38. The van der Waals surface area contributed by atoms with Gasteiger partial charge in [0.25, 0.3) is 0 Å². The van der Waals surface area contributed by atoms with Crippen molar-refractivity contribution in [3.63, 3.8) is 0 Å². The molecule has 2 N–H and O–H groups in total. The van der Waals surface area contributed by atoms with Gasteiger partial charge in [-0.1, -0.05) is 22.0 Å². The van der Waals surface area contributed by atoms with E-state index in [-0.39, 0.29) is 13.0 Å². The summed E-state index contributed by atoms with van der Waals surface area (Å²) >= 11 is 3.40. The summed E-state index contributed by atoms with van der Waals surface area (Å²) in [7, 11) is 0. The van der Waals surface area contributed by atoms with Gasteiger partial charge in [0.1, 0.15) is 0 Å². The molecule has 1 saturated heterocycles. The number of hydrogen-bond donors (Lipinski definition) is 1. The number of anilines is 1. The molecule has 0 saturated carbocycles. The van der Waals surface area contributed by atoms with Gasteiger partial charge in [-0.15, -0.1) is 0 Å². The highest BCUT2D eigenvalue weighted by molar-refractivity contribution is 9.10. The maximum Gasteiger partial charge on any atom is 0.393 e. The van der Waals surface area contributed by atoms with E-state index in [1.807, 2.05) is 18.2 Å². The molecule has 1 aromatic carbocycles. The number of piperidine rings is 1. The Morgan fingerprint density at radius 1 is 1.37 bits per heavy atom. The van der Waals surface area contributed by atoms with Gasteiger partial charge in [0, 0.05) is 29.8 Å². The van der Waals surface area contributed by atoms with Crippen LogP contribution in [0.25, 0.3) is 0 Å². The minimum absolute atomic E-state index is 0.0396. The lowest BCUT2D eigenvalue weighted by Gasteiger charge is -2.35. The third-order valence-corrected chi connectivity index (χ3v) is 4.24. The summed E-state index contributed by atoms with van der Waals surface area (Å²) in [5.74, 6) is -1.23.